The van der Waals surface area contributed by atoms with Gasteiger partial charge in [0.15, 0.2) is 6.29 Å². The zero-order valence-electron chi connectivity index (χ0n) is 8.69. The average molecular weight is 221 g/mol. The van der Waals surface area contributed by atoms with Crippen molar-refractivity contribution in [1.82, 2.24) is 0 Å². The zero-order chi connectivity index (χ0) is 10.5. The molecule has 1 saturated heterocycles. The fourth-order valence-corrected chi connectivity index (χ4v) is 2.75. The van der Waals surface area contributed by atoms with Crippen LogP contribution >= 0.6 is 11.8 Å². The molecule has 1 heterocycles. The van der Waals surface area contributed by atoms with Crippen molar-refractivity contribution in [3.63, 3.8) is 0 Å². The van der Waals surface area contributed by atoms with Gasteiger partial charge >= 0.3 is 0 Å². The van der Waals surface area contributed by atoms with E-state index in [9.17, 15) is 4.79 Å². The molecule has 1 aliphatic rings. The van der Waals surface area contributed by atoms with Gasteiger partial charge in [-0.05, 0) is 24.3 Å². The van der Waals surface area contributed by atoms with Gasteiger partial charge in [-0.2, -0.15) is 11.8 Å². The molecule has 80 valence electrons. The van der Waals surface area contributed by atoms with Gasteiger partial charge in [0, 0.05) is 30.1 Å². The Labute approximate surface area is 94.7 Å². The first-order valence-corrected chi connectivity index (χ1v) is 6.44. The minimum Gasteiger partial charge on any atom is -0.370 e. The van der Waals surface area contributed by atoms with E-state index in [0.717, 1.165) is 36.4 Å². The maximum absolute atomic E-state index is 10.9. The first-order chi connectivity index (χ1) is 7.42. The predicted molar refractivity (Wildman–Crippen MR) is 66.0 cm³/mol. The van der Waals surface area contributed by atoms with E-state index in [1.54, 1.807) is 0 Å². The Bertz CT molecular complexity index is 332. The Morgan fingerprint density at radius 1 is 1.20 bits per heavy atom. The third-order valence-corrected chi connectivity index (χ3v) is 3.68. The highest BCUT2D eigenvalue weighted by molar-refractivity contribution is 7.99. The monoisotopic (exact) mass is 221 g/mol. The number of rotatable bonds is 2. The molecule has 2 nitrogen and oxygen atoms in total. The number of thioether (sulfide) groups is 1. The summed E-state index contributed by atoms with van der Waals surface area (Å²) in [5.74, 6) is 2.40. The molecular weight excluding hydrogens is 206 g/mol. The van der Waals surface area contributed by atoms with Crippen LogP contribution in [0, 0.1) is 0 Å². The average Bonchev–Trinajstić information content (AvgIpc) is 2.57. The second kappa shape index (κ2) is 5.21. The summed E-state index contributed by atoms with van der Waals surface area (Å²) in [7, 11) is 0. The first-order valence-electron chi connectivity index (χ1n) is 5.29. The summed E-state index contributed by atoms with van der Waals surface area (Å²) in [6, 6.07) is 7.85. The molecule has 0 spiro atoms. The number of hydrogen-bond donors (Lipinski definition) is 0. The lowest BCUT2D eigenvalue weighted by atomic mass is 10.1. The molecule has 0 radical (unpaired) electrons. The lowest BCUT2D eigenvalue weighted by molar-refractivity contribution is 0.112. The first kappa shape index (κ1) is 10.6. The van der Waals surface area contributed by atoms with Crippen LogP contribution in [0.3, 0.4) is 0 Å². The summed E-state index contributed by atoms with van der Waals surface area (Å²) < 4.78 is 0. The number of carbonyl (C=O) groups is 1. The van der Waals surface area contributed by atoms with Crippen molar-refractivity contribution in [3.8, 4) is 0 Å². The molecule has 0 aromatic heterocycles. The number of hydrogen-bond acceptors (Lipinski definition) is 3. The second-order valence-electron chi connectivity index (χ2n) is 3.63. The molecule has 3 heteroatoms. The Kier molecular flexibility index (Phi) is 3.67. The molecule has 0 atom stereocenters. The summed E-state index contributed by atoms with van der Waals surface area (Å²) in [4.78, 5) is 13.2. The topological polar surface area (TPSA) is 20.3 Å². The van der Waals surface area contributed by atoms with Gasteiger partial charge in [-0.1, -0.05) is 12.1 Å². The lowest BCUT2D eigenvalue weighted by Gasteiger charge is -2.23. The molecular formula is C12H15NOS. The van der Waals surface area contributed by atoms with Crippen LogP contribution in [-0.2, 0) is 0 Å². The second-order valence-corrected chi connectivity index (χ2v) is 4.85. The van der Waals surface area contributed by atoms with E-state index >= 15 is 0 Å². The summed E-state index contributed by atoms with van der Waals surface area (Å²) in [5.41, 5.74) is 1.90. The quantitative estimate of drug-likeness (QED) is 0.715. The number of carbonyl (C=O) groups excluding carboxylic acids is 1. The number of para-hydroxylation sites is 1. The molecule has 0 bridgehead atoms. The van der Waals surface area contributed by atoms with Crippen molar-refractivity contribution >= 4 is 23.7 Å². The third kappa shape index (κ3) is 2.53. The Balaban J connectivity index is 2.22. The van der Waals surface area contributed by atoms with Crippen LogP contribution in [0.25, 0.3) is 0 Å². The van der Waals surface area contributed by atoms with Gasteiger partial charge < -0.3 is 4.90 Å². The van der Waals surface area contributed by atoms with Crippen LogP contribution in [0.2, 0.25) is 0 Å². The third-order valence-electron chi connectivity index (χ3n) is 2.63. The normalized spacial score (nSPS) is 17.2. The number of nitrogens with zero attached hydrogens (tertiary/aromatic N) is 1. The van der Waals surface area contributed by atoms with Gasteiger partial charge in [0.2, 0.25) is 0 Å². The molecule has 1 aromatic carbocycles. The van der Waals surface area contributed by atoms with Crippen LogP contribution in [0.4, 0.5) is 5.69 Å². The smallest absolute Gasteiger partial charge is 0.152 e. The van der Waals surface area contributed by atoms with E-state index in [1.165, 1.54) is 12.2 Å². The van der Waals surface area contributed by atoms with Crippen molar-refractivity contribution in [2.75, 3.05) is 29.5 Å². The largest absolute Gasteiger partial charge is 0.370 e. The van der Waals surface area contributed by atoms with Gasteiger partial charge in [-0.25, -0.2) is 0 Å². The van der Waals surface area contributed by atoms with Crippen LogP contribution in [0.15, 0.2) is 24.3 Å². The summed E-state index contributed by atoms with van der Waals surface area (Å²) >= 11 is 2.00. The molecule has 1 aliphatic heterocycles. The highest BCUT2D eigenvalue weighted by atomic mass is 32.2. The molecule has 1 aromatic rings. The van der Waals surface area contributed by atoms with Crippen molar-refractivity contribution < 1.29 is 4.79 Å². The van der Waals surface area contributed by atoms with Gasteiger partial charge in [-0.3, -0.25) is 4.79 Å². The number of benzene rings is 1. The van der Waals surface area contributed by atoms with Gasteiger partial charge in [0.05, 0.1) is 0 Å². The van der Waals surface area contributed by atoms with Crippen molar-refractivity contribution in [3.05, 3.63) is 29.8 Å². The molecule has 2 rings (SSSR count). The predicted octanol–water partition coefficient (Wildman–Crippen LogP) is 2.44. The van der Waals surface area contributed by atoms with Gasteiger partial charge in [0.25, 0.3) is 0 Å². The fraction of sp³-hybridized carbons (Fsp3) is 0.417. The SMILES string of the molecule is O=Cc1ccccc1N1CCCSCC1. The Morgan fingerprint density at radius 2 is 2.07 bits per heavy atom. The van der Waals surface area contributed by atoms with Crippen LogP contribution in [0.1, 0.15) is 16.8 Å². The maximum atomic E-state index is 10.9. The molecule has 0 aliphatic carbocycles. The summed E-state index contributed by atoms with van der Waals surface area (Å²) in [6.45, 7) is 2.12. The van der Waals surface area contributed by atoms with Gasteiger partial charge in [0.1, 0.15) is 0 Å². The fourth-order valence-electron chi connectivity index (χ4n) is 1.86. The highest BCUT2D eigenvalue weighted by Crippen LogP contribution is 2.21. The Hall–Kier alpha value is -0.960. The van der Waals surface area contributed by atoms with E-state index in [2.05, 4.69) is 4.90 Å². The highest BCUT2D eigenvalue weighted by Gasteiger charge is 2.12. The van der Waals surface area contributed by atoms with Crippen molar-refractivity contribution in [2.45, 2.75) is 6.42 Å². The minimum atomic E-state index is 0.810. The van der Waals surface area contributed by atoms with Crippen LogP contribution < -0.4 is 4.90 Å². The zero-order valence-corrected chi connectivity index (χ0v) is 9.50. The molecule has 0 N–H and O–H groups in total. The molecule has 15 heavy (non-hydrogen) atoms. The van der Waals surface area contributed by atoms with Crippen molar-refractivity contribution in [1.29, 1.82) is 0 Å². The van der Waals surface area contributed by atoms with E-state index in [1.807, 2.05) is 36.0 Å². The summed E-state index contributed by atoms with van der Waals surface area (Å²) in [5, 5.41) is 0. The van der Waals surface area contributed by atoms with Crippen LogP contribution in [-0.4, -0.2) is 30.9 Å². The van der Waals surface area contributed by atoms with Crippen molar-refractivity contribution in [2.24, 2.45) is 0 Å². The van der Waals surface area contributed by atoms with E-state index in [-0.39, 0.29) is 0 Å². The van der Waals surface area contributed by atoms with E-state index in [0.29, 0.717) is 0 Å². The summed E-state index contributed by atoms with van der Waals surface area (Å²) in [6.07, 6.45) is 2.16. The molecule has 0 amide bonds. The Morgan fingerprint density at radius 3 is 2.93 bits per heavy atom. The van der Waals surface area contributed by atoms with E-state index < -0.39 is 0 Å². The molecule has 0 unspecified atom stereocenters. The lowest BCUT2D eigenvalue weighted by Crippen LogP contribution is -2.26. The van der Waals surface area contributed by atoms with Crippen LogP contribution in [0.5, 0.6) is 0 Å². The number of aldehydes is 1. The standard InChI is InChI=1S/C12H15NOS/c14-10-11-4-1-2-5-12(11)13-6-3-8-15-9-7-13/h1-2,4-5,10H,3,6-9H2. The maximum Gasteiger partial charge on any atom is 0.152 e. The molecule has 1 fully saturated rings. The molecule has 0 saturated carbocycles. The number of anilines is 1. The minimum absolute atomic E-state index is 0.810. The van der Waals surface area contributed by atoms with Gasteiger partial charge in [-0.15, -0.1) is 0 Å². The van der Waals surface area contributed by atoms with E-state index in [4.69, 9.17) is 0 Å².